The van der Waals surface area contributed by atoms with Gasteiger partial charge in [-0.05, 0) is 62.4 Å². The summed E-state index contributed by atoms with van der Waals surface area (Å²) in [5, 5.41) is 14.1. The molecule has 0 aliphatic carbocycles. The molecule has 3 aromatic carbocycles. The molecule has 0 saturated heterocycles. The van der Waals surface area contributed by atoms with Crippen LogP contribution in [0.2, 0.25) is 0 Å². The van der Waals surface area contributed by atoms with Crippen LogP contribution in [0.15, 0.2) is 65.5 Å². The van der Waals surface area contributed by atoms with E-state index < -0.39 is 16.6 Å². The molecule has 32 heavy (non-hydrogen) atoms. The number of nitro groups is 1. The van der Waals surface area contributed by atoms with Gasteiger partial charge in [0.15, 0.2) is 0 Å². The van der Waals surface area contributed by atoms with Gasteiger partial charge in [-0.1, -0.05) is 6.07 Å². The zero-order valence-corrected chi connectivity index (χ0v) is 17.1. The first-order valence-electron chi connectivity index (χ1n) is 9.61. The monoisotopic (exact) mass is 432 g/mol. The highest BCUT2D eigenvalue weighted by Gasteiger charge is 2.18. The summed E-state index contributed by atoms with van der Waals surface area (Å²) in [6.45, 7) is 3.17. The molecule has 0 aliphatic heterocycles. The molecule has 0 atom stereocenters. The number of rotatable bonds is 4. The summed E-state index contributed by atoms with van der Waals surface area (Å²) in [6, 6.07) is 14.4. The van der Waals surface area contributed by atoms with Crippen molar-refractivity contribution in [1.29, 1.82) is 0 Å². The molecule has 0 spiro atoms. The molecule has 0 radical (unpaired) electrons. The lowest BCUT2D eigenvalue weighted by Crippen LogP contribution is -2.22. The van der Waals surface area contributed by atoms with Crippen molar-refractivity contribution in [2.75, 3.05) is 5.32 Å². The second-order valence-corrected chi connectivity index (χ2v) is 7.17. The van der Waals surface area contributed by atoms with Crippen LogP contribution in [0.5, 0.6) is 0 Å². The number of nitrogens with one attached hydrogen (secondary N) is 1. The van der Waals surface area contributed by atoms with Crippen molar-refractivity contribution in [2.24, 2.45) is 0 Å². The number of anilines is 1. The number of nitro benzene ring substituents is 1. The van der Waals surface area contributed by atoms with E-state index in [0.29, 0.717) is 22.7 Å². The Morgan fingerprint density at radius 1 is 1.09 bits per heavy atom. The van der Waals surface area contributed by atoms with Crippen LogP contribution in [0, 0.1) is 29.8 Å². The quantitative estimate of drug-likeness (QED) is 0.382. The van der Waals surface area contributed by atoms with Gasteiger partial charge in [-0.25, -0.2) is 9.37 Å². The van der Waals surface area contributed by atoms with Gasteiger partial charge in [0.25, 0.3) is 17.2 Å². The highest BCUT2D eigenvalue weighted by molar-refractivity contribution is 6.06. The fourth-order valence-electron chi connectivity index (χ4n) is 3.53. The third kappa shape index (κ3) is 3.71. The normalized spacial score (nSPS) is 10.8. The molecular formula is C23H17FN4O4. The molecule has 160 valence electrons. The summed E-state index contributed by atoms with van der Waals surface area (Å²) in [5.41, 5.74) is 1.11. The van der Waals surface area contributed by atoms with E-state index in [1.165, 1.54) is 60.0 Å². The lowest BCUT2D eigenvalue weighted by molar-refractivity contribution is -0.385. The SMILES string of the molecule is Cc1c(C(=O)Nc2ccc3nc(C)n(-c4ccc(F)cc4)c(=O)c3c2)cccc1[N+](=O)[O-]. The zero-order chi connectivity index (χ0) is 23.0. The standard InChI is InChI=1S/C23H17FN4O4/c1-13-18(4-3-5-21(13)28(31)32)22(29)26-16-8-11-20-19(12-16)23(30)27(14(2)25-20)17-9-6-15(24)7-10-17/h3-12H,1-2H3,(H,26,29). The number of carbonyl (C=O) groups excluding carboxylic acids is 1. The number of benzene rings is 3. The van der Waals surface area contributed by atoms with Crippen LogP contribution < -0.4 is 10.9 Å². The van der Waals surface area contributed by atoms with Gasteiger partial charge in [0, 0.05) is 22.9 Å². The minimum Gasteiger partial charge on any atom is -0.322 e. The summed E-state index contributed by atoms with van der Waals surface area (Å²) in [5.74, 6) is -0.530. The first kappa shape index (κ1) is 20.9. The smallest absolute Gasteiger partial charge is 0.273 e. The van der Waals surface area contributed by atoms with Crippen LogP contribution in [-0.4, -0.2) is 20.4 Å². The van der Waals surface area contributed by atoms with E-state index >= 15 is 0 Å². The number of halogens is 1. The van der Waals surface area contributed by atoms with E-state index in [1.54, 1.807) is 19.1 Å². The number of fused-ring (bicyclic) bond motifs is 1. The molecule has 4 rings (SSSR count). The van der Waals surface area contributed by atoms with Crippen molar-refractivity contribution in [3.8, 4) is 5.69 Å². The van der Waals surface area contributed by atoms with Crippen molar-refractivity contribution in [3.05, 3.63) is 104 Å². The van der Waals surface area contributed by atoms with Gasteiger partial charge in [0.2, 0.25) is 0 Å². The summed E-state index contributed by atoms with van der Waals surface area (Å²) >= 11 is 0. The van der Waals surface area contributed by atoms with Crippen LogP contribution in [0.3, 0.4) is 0 Å². The van der Waals surface area contributed by atoms with E-state index in [0.717, 1.165) is 0 Å². The Morgan fingerprint density at radius 3 is 2.50 bits per heavy atom. The molecule has 0 unspecified atom stereocenters. The Kier molecular flexibility index (Phi) is 5.23. The average Bonchev–Trinajstić information content (AvgIpc) is 2.75. The van der Waals surface area contributed by atoms with E-state index in [9.17, 15) is 24.1 Å². The van der Waals surface area contributed by atoms with E-state index in [1.807, 2.05) is 0 Å². The molecule has 0 saturated carbocycles. The van der Waals surface area contributed by atoms with Gasteiger partial charge < -0.3 is 5.32 Å². The Balaban J connectivity index is 1.75. The molecule has 0 fully saturated rings. The molecular weight excluding hydrogens is 415 g/mol. The highest BCUT2D eigenvalue weighted by atomic mass is 19.1. The van der Waals surface area contributed by atoms with E-state index in [2.05, 4.69) is 10.3 Å². The fraction of sp³-hybridized carbons (Fsp3) is 0.0870. The number of aryl methyl sites for hydroxylation is 1. The molecule has 9 heteroatoms. The Bertz CT molecular complexity index is 1450. The maximum atomic E-state index is 13.3. The first-order valence-corrected chi connectivity index (χ1v) is 9.61. The molecule has 0 bridgehead atoms. The van der Waals surface area contributed by atoms with Crippen molar-refractivity contribution >= 4 is 28.2 Å². The fourth-order valence-corrected chi connectivity index (χ4v) is 3.53. The molecule has 1 N–H and O–H groups in total. The van der Waals surface area contributed by atoms with Crippen LogP contribution in [0.4, 0.5) is 15.8 Å². The summed E-state index contributed by atoms with van der Waals surface area (Å²) in [6.07, 6.45) is 0. The lowest BCUT2D eigenvalue weighted by atomic mass is 10.1. The number of hydrogen-bond donors (Lipinski definition) is 1. The molecule has 8 nitrogen and oxygen atoms in total. The number of carbonyl (C=O) groups is 1. The molecule has 0 aliphatic rings. The maximum Gasteiger partial charge on any atom is 0.273 e. The highest BCUT2D eigenvalue weighted by Crippen LogP contribution is 2.23. The molecule has 4 aromatic rings. The first-order chi connectivity index (χ1) is 15.3. The van der Waals surface area contributed by atoms with Crippen molar-refractivity contribution < 1.29 is 14.1 Å². The predicted molar refractivity (Wildman–Crippen MR) is 118 cm³/mol. The van der Waals surface area contributed by atoms with E-state index in [-0.39, 0.29) is 27.8 Å². The minimum absolute atomic E-state index is 0.155. The zero-order valence-electron chi connectivity index (χ0n) is 17.1. The van der Waals surface area contributed by atoms with Gasteiger partial charge in [-0.15, -0.1) is 0 Å². The largest absolute Gasteiger partial charge is 0.322 e. The third-order valence-electron chi connectivity index (χ3n) is 5.13. The molecule has 1 heterocycles. The number of aromatic nitrogens is 2. The molecule has 1 aromatic heterocycles. The Morgan fingerprint density at radius 2 is 1.81 bits per heavy atom. The van der Waals surface area contributed by atoms with Gasteiger partial charge in [0.1, 0.15) is 11.6 Å². The second kappa shape index (κ2) is 8.03. The number of hydrogen-bond acceptors (Lipinski definition) is 5. The van der Waals surface area contributed by atoms with Gasteiger partial charge in [-0.2, -0.15) is 0 Å². The molecule has 1 amide bonds. The van der Waals surface area contributed by atoms with Crippen LogP contribution in [-0.2, 0) is 0 Å². The van der Waals surface area contributed by atoms with Crippen LogP contribution in [0.25, 0.3) is 16.6 Å². The summed E-state index contributed by atoms with van der Waals surface area (Å²) in [7, 11) is 0. The van der Waals surface area contributed by atoms with Crippen molar-refractivity contribution in [2.45, 2.75) is 13.8 Å². The lowest BCUT2D eigenvalue weighted by Gasteiger charge is -2.12. The van der Waals surface area contributed by atoms with Gasteiger partial charge in [-0.3, -0.25) is 24.3 Å². The second-order valence-electron chi connectivity index (χ2n) is 7.17. The van der Waals surface area contributed by atoms with E-state index in [4.69, 9.17) is 0 Å². The van der Waals surface area contributed by atoms with Crippen molar-refractivity contribution in [3.63, 3.8) is 0 Å². The van der Waals surface area contributed by atoms with Crippen LogP contribution >= 0.6 is 0 Å². The van der Waals surface area contributed by atoms with Gasteiger partial charge >= 0.3 is 0 Å². The maximum absolute atomic E-state index is 13.3. The number of amides is 1. The average molecular weight is 432 g/mol. The number of nitrogens with zero attached hydrogens (tertiary/aromatic N) is 3. The summed E-state index contributed by atoms with van der Waals surface area (Å²) < 4.78 is 14.6. The minimum atomic E-state index is -0.548. The Hall–Kier alpha value is -4.40. The van der Waals surface area contributed by atoms with Crippen LogP contribution in [0.1, 0.15) is 21.7 Å². The van der Waals surface area contributed by atoms with Gasteiger partial charge in [0.05, 0.1) is 21.5 Å². The van der Waals surface area contributed by atoms with Crippen molar-refractivity contribution in [1.82, 2.24) is 9.55 Å². The third-order valence-corrected chi connectivity index (χ3v) is 5.13. The summed E-state index contributed by atoms with van der Waals surface area (Å²) in [4.78, 5) is 40.9. The Labute approximate surface area is 181 Å². The predicted octanol–water partition coefficient (Wildman–Crippen LogP) is 4.30. The topological polar surface area (TPSA) is 107 Å².